The number of ether oxygens (including phenoxy) is 1. The van der Waals surface area contributed by atoms with Gasteiger partial charge in [-0.05, 0) is 0 Å². The summed E-state index contributed by atoms with van der Waals surface area (Å²) in [6.07, 6.45) is 0. The van der Waals surface area contributed by atoms with E-state index >= 15 is 0 Å². The van der Waals surface area contributed by atoms with Gasteiger partial charge in [0.05, 0.1) is 0 Å². The van der Waals surface area contributed by atoms with Gasteiger partial charge in [-0.2, -0.15) is 0 Å². The van der Waals surface area contributed by atoms with Gasteiger partial charge in [-0.1, -0.05) is 0 Å². The molecule has 2 rings (SSSR count). The van der Waals surface area contributed by atoms with Crippen molar-refractivity contribution in [1.82, 2.24) is 0 Å². The summed E-state index contributed by atoms with van der Waals surface area (Å²) in [5.41, 5.74) is 0.739. The van der Waals surface area contributed by atoms with E-state index in [2.05, 4.69) is 12.1 Å². The topological polar surface area (TPSA) is 26.3 Å². The van der Waals surface area contributed by atoms with Crippen LogP contribution in [-0.4, -0.2) is 27.8 Å². The van der Waals surface area contributed by atoms with Gasteiger partial charge in [0.2, 0.25) is 0 Å². The van der Waals surface area contributed by atoms with Crippen LogP contribution in [0.2, 0.25) is 0 Å². The Labute approximate surface area is 113 Å². The molecule has 2 nitrogen and oxygen atoms in total. The first-order valence-electron chi connectivity index (χ1n) is 5.62. The molecule has 3 heteroatoms. The zero-order valence-electron chi connectivity index (χ0n) is 10.3. The zero-order chi connectivity index (χ0) is 13.0. The molecule has 0 aromatic heterocycles. The van der Waals surface area contributed by atoms with Gasteiger partial charge in [-0.15, -0.1) is 0 Å². The Hall–Kier alpha value is -1.57. The second-order valence-electron chi connectivity index (χ2n) is 3.84. The van der Waals surface area contributed by atoms with E-state index in [1.807, 2.05) is 36.4 Å². The summed E-state index contributed by atoms with van der Waals surface area (Å²) in [7, 11) is 1.66. The maximum atomic E-state index is 11.4. The molecule has 0 fully saturated rings. The first kappa shape index (κ1) is 12.9. The van der Waals surface area contributed by atoms with E-state index in [9.17, 15) is 4.79 Å². The predicted octanol–water partition coefficient (Wildman–Crippen LogP) is 1.55. The third kappa shape index (κ3) is 3.00. The molecule has 18 heavy (non-hydrogen) atoms. The van der Waals surface area contributed by atoms with Crippen molar-refractivity contribution in [3.8, 4) is 5.75 Å². The number of carbonyl (C=O) groups excluding carboxylic acids is 1. The number of rotatable bonds is 4. The summed E-state index contributed by atoms with van der Waals surface area (Å²) < 4.78 is 7.73. The number of hydrogen-bond acceptors (Lipinski definition) is 2. The quantitative estimate of drug-likeness (QED) is 0.633. The number of benzene rings is 2. The molecule has 0 aliphatic heterocycles. The fourth-order valence-corrected chi connectivity index (χ4v) is 3.66. The molecule has 0 aliphatic carbocycles. The summed E-state index contributed by atoms with van der Waals surface area (Å²) in [6.45, 7) is 1.58. The summed E-state index contributed by atoms with van der Waals surface area (Å²) in [5.74, 6) is 0.937. The molecule has 0 bridgehead atoms. The number of methoxy groups -OCH3 is 1. The average molecular weight is 305 g/mol. The van der Waals surface area contributed by atoms with Crippen molar-refractivity contribution < 1.29 is 9.53 Å². The van der Waals surface area contributed by atoms with E-state index in [1.54, 1.807) is 14.0 Å². The van der Waals surface area contributed by atoms with E-state index in [1.165, 1.54) is 4.46 Å². The summed E-state index contributed by atoms with van der Waals surface area (Å²) in [6, 6.07) is 15.9. The van der Waals surface area contributed by atoms with Gasteiger partial charge < -0.3 is 0 Å². The molecule has 0 N–H and O–H groups in total. The van der Waals surface area contributed by atoms with Gasteiger partial charge in [0.1, 0.15) is 0 Å². The van der Waals surface area contributed by atoms with Gasteiger partial charge in [0, 0.05) is 0 Å². The molecule has 92 valence electrons. The van der Waals surface area contributed by atoms with E-state index in [0.717, 1.165) is 15.8 Å². The van der Waals surface area contributed by atoms with Crippen LogP contribution in [0.4, 0.5) is 0 Å². The Morgan fingerprint density at radius 1 is 1.11 bits per heavy atom. The third-order valence-electron chi connectivity index (χ3n) is 2.54. The van der Waals surface area contributed by atoms with Crippen molar-refractivity contribution in [2.24, 2.45) is 0 Å². The summed E-state index contributed by atoms with van der Waals surface area (Å²) in [4.78, 5) is 11.4. The van der Waals surface area contributed by atoms with Crippen LogP contribution in [0.1, 0.15) is 17.3 Å². The van der Waals surface area contributed by atoms with E-state index in [0.29, 0.717) is 0 Å². The standard InChI is InChI=1S/C15H14O2Se/c1-11(16)12-8-9-14(17-2)15(10-12)18-13-6-4-3-5-7-13/h3-10H,1-2H3. The molecule has 0 unspecified atom stereocenters. The maximum absolute atomic E-state index is 11.4. The number of hydrogen-bond donors (Lipinski definition) is 0. The van der Waals surface area contributed by atoms with Crippen molar-refractivity contribution in [2.75, 3.05) is 7.11 Å². The van der Waals surface area contributed by atoms with Crippen molar-refractivity contribution in [3.63, 3.8) is 0 Å². The summed E-state index contributed by atoms with van der Waals surface area (Å²) in [5, 5.41) is 0. The molecule has 0 heterocycles. The number of ketones is 1. The zero-order valence-corrected chi connectivity index (χ0v) is 12.1. The minimum atomic E-state index is 0.0859. The number of carbonyl (C=O) groups is 1. The van der Waals surface area contributed by atoms with Gasteiger partial charge in [0.15, 0.2) is 0 Å². The Bertz CT molecular complexity index is 550. The van der Waals surface area contributed by atoms with Gasteiger partial charge >= 0.3 is 113 Å². The van der Waals surface area contributed by atoms with Gasteiger partial charge in [-0.3, -0.25) is 0 Å². The van der Waals surface area contributed by atoms with E-state index in [-0.39, 0.29) is 20.7 Å². The van der Waals surface area contributed by atoms with Gasteiger partial charge in [0.25, 0.3) is 0 Å². The average Bonchev–Trinajstić information content (AvgIpc) is 2.39. The van der Waals surface area contributed by atoms with Crippen molar-refractivity contribution >= 4 is 29.7 Å². The third-order valence-corrected chi connectivity index (χ3v) is 4.74. The molecule has 0 amide bonds. The molecule has 0 saturated heterocycles. The minimum absolute atomic E-state index is 0.0859. The monoisotopic (exact) mass is 306 g/mol. The molecule has 2 aromatic rings. The first-order chi connectivity index (χ1) is 8.70. The molecular weight excluding hydrogens is 291 g/mol. The Morgan fingerprint density at radius 2 is 1.83 bits per heavy atom. The molecule has 0 atom stereocenters. The van der Waals surface area contributed by atoms with Crippen LogP contribution in [0.25, 0.3) is 0 Å². The molecule has 0 spiro atoms. The molecule has 0 saturated carbocycles. The van der Waals surface area contributed by atoms with Crippen LogP contribution in [0.3, 0.4) is 0 Å². The van der Waals surface area contributed by atoms with Crippen LogP contribution in [0.5, 0.6) is 5.75 Å². The van der Waals surface area contributed by atoms with E-state index < -0.39 is 0 Å². The van der Waals surface area contributed by atoms with Crippen LogP contribution < -0.4 is 13.7 Å². The fourth-order valence-electron chi connectivity index (χ4n) is 1.59. The molecule has 0 radical (unpaired) electrons. The SMILES string of the molecule is COc1ccc(C(C)=O)cc1[Se]c1ccccc1. The van der Waals surface area contributed by atoms with Gasteiger partial charge in [-0.25, -0.2) is 0 Å². The van der Waals surface area contributed by atoms with Crippen molar-refractivity contribution in [1.29, 1.82) is 0 Å². The van der Waals surface area contributed by atoms with Crippen LogP contribution >= 0.6 is 0 Å². The molecular formula is C15H14O2Se. The molecule has 2 aromatic carbocycles. The number of Topliss-reactive ketones (excluding diaryl/α,β-unsaturated/α-hetero) is 1. The van der Waals surface area contributed by atoms with Crippen molar-refractivity contribution in [2.45, 2.75) is 6.92 Å². The Morgan fingerprint density at radius 3 is 2.44 bits per heavy atom. The van der Waals surface area contributed by atoms with Crippen LogP contribution in [-0.2, 0) is 0 Å². The fraction of sp³-hybridized carbons (Fsp3) is 0.133. The second-order valence-corrected chi connectivity index (χ2v) is 6.18. The Balaban J connectivity index is 2.35. The van der Waals surface area contributed by atoms with Crippen LogP contribution in [0, 0.1) is 0 Å². The molecule has 0 aliphatic rings. The normalized spacial score (nSPS) is 10.1. The summed E-state index contributed by atoms with van der Waals surface area (Å²) >= 11 is 0.151. The van der Waals surface area contributed by atoms with Crippen molar-refractivity contribution in [3.05, 3.63) is 54.1 Å². The first-order valence-corrected chi connectivity index (χ1v) is 7.34. The predicted molar refractivity (Wildman–Crippen MR) is 74.5 cm³/mol. The van der Waals surface area contributed by atoms with E-state index in [4.69, 9.17) is 4.74 Å². The Kier molecular flexibility index (Phi) is 4.19. The second kappa shape index (κ2) is 5.85. The van der Waals surface area contributed by atoms with Crippen LogP contribution in [0.15, 0.2) is 48.5 Å².